The lowest BCUT2D eigenvalue weighted by molar-refractivity contribution is -0.125. The maximum Gasteiger partial charge on any atom is 0.224 e. The first-order valence-corrected chi connectivity index (χ1v) is 9.88. The smallest absolute Gasteiger partial charge is 0.224 e. The lowest BCUT2D eigenvalue weighted by Gasteiger charge is -2.32. The van der Waals surface area contributed by atoms with Crippen molar-refractivity contribution in [2.75, 3.05) is 24.5 Å². The van der Waals surface area contributed by atoms with Crippen molar-refractivity contribution in [3.05, 3.63) is 41.5 Å². The Morgan fingerprint density at radius 1 is 1.19 bits per heavy atom. The first-order valence-electron chi connectivity index (χ1n) is 9.88. The summed E-state index contributed by atoms with van der Waals surface area (Å²) in [4.78, 5) is 14.6. The van der Waals surface area contributed by atoms with Crippen LogP contribution in [0.2, 0.25) is 0 Å². The number of piperidine rings is 1. The van der Waals surface area contributed by atoms with Crippen LogP contribution in [0.1, 0.15) is 37.8 Å². The van der Waals surface area contributed by atoms with Gasteiger partial charge in [-0.15, -0.1) is 10.2 Å². The maximum atomic E-state index is 12.4. The van der Waals surface area contributed by atoms with E-state index < -0.39 is 0 Å². The third-order valence-corrected chi connectivity index (χ3v) is 5.25. The van der Waals surface area contributed by atoms with Crippen LogP contribution in [-0.2, 0) is 4.79 Å². The van der Waals surface area contributed by atoms with E-state index in [9.17, 15) is 4.79 Å². The van der Waals surface area contributed by atoms with Crippen molar-refractivity contribution in [2.24, 2.45) is 11.8 Å². The van der Waals surface area contributed by atoms with E-state index in [-0.39, 0.29) is 11.8 Å². The zero-order chi connectivity index (χ0) is 19.4. The number of nitrogens with zero attached hydrogens (tertiary/aromatic N) is 3. The summed E-state index contributed by atoms with van der Waals surface area (Å²) in [6.07, 6.45) is 1.94. The molecule has 0 aliphatic carbocycles. The predicted octanol–water partition coefficient (Wildman–Crippen LogP) is 3.75. The van der Waals surface area contributed by atoms with Crippen molar-refractivity contribution < 1.29 is 4.79 Å². The first kappa shape index (κ1) is 19.3. The Morgan fingerprint density at radius 2 is 2.00 bits per heavy atom. The van der Waals surface area contributed by atoms with Gasteiger partial charge in [0, 0.05) is 25.2 Å². The number of anilines is 1. The average Bonchev–Trinajstić information content (AvgIpc) is 2.68. The normalized spacial score (nSPS) is 17.2. The number of amides is 1. The highest BCUT2D eigenvalue weighted by Crippen LogP contribution is 2.24. The molecule has 5 heteroatoms. The van der Waals surface area contributed by atoms with Gasteiger partial charge in [-0.2, -0.15) is 0 Å². The van der Waals surface area contributed by atoms with Crippen molar-refractivity contribution in [1.82, 2.24) is 15.5 Å². The minimum absolute atomic E-state index is 0.0266. The van der Waals surface area contributed by atoms with Gasteiger partial charge in [0.25, 0.3) is 0 Å². The van der Waals surface area contributed by atoms with Gasteiger partial charge in [-0.05, 0) is 61.9 Å². The van der Waals surface area contributed by atoms with Crippen LogP contribution in [0, 0.1) is 25.7 Å². The zero-order valence-electron chi connectivity index (χ0n) is 16.8. The molecule has 144 valence electrons. The van der Waals surface area contributed by atoms with Gasteiger partial charge in [0.05, 0.1) is 11.6 Å². The van der Waals surface area contributed by atoms with Crippen LogP contribution in [-0.4, -0.2) is 35.7 Å². The summed E-state index contributed by atoms with van der Waals surface area (Å²) in [6.45, 7) is 10.8. The molecule has 2 aromatic rings. The number of carbonyl (C=O) groups excluding carboxylic acids is 1. The van der Waals surface area contributed by atoms with E-state index in [1.165, 1.54) is 11.1 Å². The molecule has 3 rings (SSSR count). The van der Waals surface area contributed by atoms with E-state index in [1.807, 2.05) is 12.1 Å². The standard InChI is InChI=1S/C22H30N4O/c1-15(2)13-23-22(27)19-6-5-11-26(14-19)21-10-9-20(24-25-21)18-8-7-16(3)17(4)12-18/h7-10,12,15,19H,5-6,11,13-14H2,1-4H3,(H,23,27)/t19-/m0/s1. The third-order valence-electron chi connectivity index (χ3n) is 5.25. The van der Waals surface area contributed by atoms with Crippen LogP contribution in [0.15, 0.2) is 30.3 Å². The molecule has 1 amide bonds. The molecule has 1 fully saturated rings. The molecule has 1 aromatic heterocycles. The highest BCUT2D eigenvalue weighted by molar-refractivity contribution is 5.79. The Balaban J connectivity index is 1.67. The van der Waals surface area contributed by atoms with E-state index >= 15 is 0 Å². The van der Waals surface area contributed by atoms with Gasteiger partial charge in [0.2, 0.25) is 5.91 Å². The Morgan fingerprint density at radius 3 is 2.67 bits per heavy atom. The maximum absolute atomic E-state index is 12.4. The fourth-order valence-electron chi connectivity index (χ4n) is 3.40. The molecule has 0 saturated carbocycles. The number of rotatable bonds is 5. The highest BCUT2D eigenvalue weighted by atomic mass is 16.1. The van der Waals surface area contributed by atoms with Crippen molar-refractivity contribution in [2.45, 2.75) is 40.5 Å². The summed E-state index contributed by atoms with van der Waals surface area (Å²) < 4.78 is 0. The summed E-state index contributed by atoms with van der Waals surface area (Å²) in [7, 11) is 0. The molecule has 1 aliphatic heterocycles. The number of aromatic nitrogens is 2. The molecule has 0 spiro atoms. The van der Waals surface area contributed by atoms with E-state index in [0.29, 0.717) is 12.5 Å². The van der Waals surface area contributed by atoms with Crippen molar-refractivity contribution in [3.8, 4) is 11.3 Å². The van der Waals surface area contributed by atoms with Crippen molar-refractivity contribution in [3.63, 3.8) is 0 Å². The van der Waals surface area contributed by atoms with Gasteiger partial charge in [0.1, 0.15) is 0 Å². The quantitative estimate of drug-likeness (QED) is 0.876. The van der Waals surface area contributed by atoms with Gasteiger partial charge < -0.3 is 10.2 Å². The molecule has 2 heterocycles. The molecule has 1 aliphatic rings. The Bertz CT molecular complexity index is 785. The third kappa shape index (κ3) is 4.85. The Kier molecular flexibility index (Phi) is 6.09. The minimum atomic E-state index is 0.0266. The van der Waals surface area contributed by atoms with Crippen molar-refractivity contribution in [1.29, 1.82) is 0 Å². The van der Waals surface area contributed by atoms with Gasteiger partial charge in [-0.25, -0.2) is 0 Å². The largest absolute Gasteiger partial charge is 0.356 e. The second-order valence-corrected chi connectivity index (χ2v) is 8.00. The molecule has 1 saturated heterocycles. The summed E-state index contributed by atoms with van der Waals surface area (Å²) in [5, 5.41) is 11.9. The number of aryl methyl sites for hydroxylation is 2. The van der Waals surface area contributed by atoms with Gasteiger partial charge in [-0.1, -0.05) is 26.0 Å². The second-order valence-electron chi connectivity index (χ2n) is 8.00. The van der Waals surface area contributed by atoms with Crippen LogP contribution in [0.3, 0.4) is 0 Å². The first-order chi connectivity index (χ1) is 12.9. The minimum Gasteiger partial charge on any atom is -0.356 e. The summed E-state index contributed by atoms with van der Waals surface area (Å²) in [5.74, 6) is 1.51. The van der Waals surface area contributed by atoms with E-state index in [0.717, 1.165) is 43.0 Å². The lowest BCUT2D eigenvalue weighted by atomic mass is 9.97. The molecule has 1 atom stereocenters. The molecule has 5 nitrogen and oxygen atoms in total. The topological polar surface area (TPSA) is 58.1 Å². The molecular weight excluding hydrogens is 336 g/mol. The zero-order valence-corrected chi connectivity index (χ0v) is 16.8. The monoisotopic (exact) mass is 366 g/mol. The molecular formula is C22H30N4O. The molecule has 0 radical (unpaired) electrons. The SMILES string of the molecule is Cc1ccc(-c2ccc(N3CCC[C@H](C(=O)NCC(C)C)C3)nn2)cc1C. The lowest BCUT2D eigenvalue weighted by Crippen LogP contribution is -2.44. The summed E-state index contributed by atoms with van der Waals surface area (Å²) in [6, 6.07) is 10.4. The fourth-order valence-corrected chi connectivity index (χ4v) is 3.40. The average molecular weight is 367 g/mol. The van der Waals surface area contributed by atoms with Gasteiger partial charge in [-0.3, -0.25) is 4.79 Å². The van der Waals surface area contributed by atoms with E-state index in [4.69, 9.17) is 0 Å². The molecule has 1 N–H and O–H groups in total. The molecule has 27 heavy (non-hydrogen) atoms. The van der Waals surface area contributed by atoms with Crippen LogP contribution in [0.5, 0.6) is 0 Å². The van der Waals surface area contributed by atoms with Crippen LogP contribution < -0.4 is 10.2 Å². The molecule has 0 unspecified atom stereocenters. The Labute approximate surface area is 162 Å². The molecule has 1 aromatic carbocycles. The van der Waals surface area contributed by atoms with Crippen LogP contribution in [0.4, 0.5) is 5.82 Å². The second kappa shape index (κ2) is 8.51. The van der Waals surface area contributed by atoms with E-state index in [1.54, 1.807) is 0 Å². The summed E-state index contributed by atoms with van der Waals surface area (Å²) >= 11 is 0. The summed E-state index contributed by atoms with van der Waals surface area (Å²) in [5.41, 5.74) is 4.50. The number of benzene rings is 1. The predicted molar refractivity (Wildman–Crippen MR) is 110 cm³/mol. The van der Waals surface area contributed by atoms with Crippen molar-refractivity contribution >= 4 is 11.7 Å². The number of hydrogen-bond donors (Lipinski definition) is 1. The van der Waals surface area contributed by atoms with E-state index in [2.05, 4.69) is 66.3 Å². The van der Waals surface area contributed by atoms with Crippen LogP contribution in [0.25, 0.3) is 11.3 Å². The number of hydrogen-bond acceptors (Lipinski definition) is 4. The molecule has 0 bridgehead atoms. The van der Waals surface area contributed by atoms with Gasteiger partial charge >= 0.3 is 0 Å². The number of nitrogens with one attached hydrogen (secondary N) is 1. The Hall–Kier alpha value is -2.43. The van der Waals surface area contributed by atoms with Crippen LogP contribution >= 0.6 is 0 Å². The van der Waals surface area contributed by atoms with Gasteiger partial charge in [0.15, 0.2) is 5.82 Å². The highest BCUT2D eigenvalue weighted by Gasteiger charge is 2.26. The fraction of sp³-hybridized carbons (Fsp3) is 0.500. The number of carbonyl (C=O) groups is 1.